The van der Waals surface area contributed by atoms with E-state index >= 15 is 0 Å². The first kappa shape index (κ1) is 27.2. The highest BCUT2D eigenvalue weighted by Gasteiger charge is 2.26. The SMILES string of the molecule is CC(C)(C)c1cc(/C=N\NC(=O)CSc2nnc(SCc3ccccc3)s2)cc(C(C)(C)C)c1O. The zero-order chi connectivity index (χ0) is 25.6. The molecular formula is C26H32N4O2S3. The zero-order valence-corrected chi connectivity index (χ0v) is 23.4. The van der Waals surface area contributed by atoms with E-state index in [4.69, 9.17) is 0 Å². The van der Waals surface area contributed by atoms with Crippen LogP contribution in [0.25, 0.3) is 0 Å². The summed E-state index contributed by atoms with van der Waals surface area (Å²) >= 11 is 4.47. The lowest BCUT2D eigenvalue weighted by molar-refractivity contribution is -0.118. The number of carbonyl (C=O) groups is 1. The monoisotopic (exact) mass is 528 g/mol. The molecule has 9 heteroatoms. The number of hydrogen-bond acceptors (Lipinski definition) is 8. The van der Waals surface area contributed by atoms with Crippen LogP contribution in [-0.2, 0) is 21.4 Å². The van der Waals surface area contributed by atoms with E-state index in [0.29, 0.717) is 5.75 Å². The first-order chi connectivity index (χ1) is 16.4. The summed E-state index contributed by atoms with van der Waals surface area (Å²) in [5.74, 6) is 1.14. The number of rotatable bonds is 8. The van der Waals surface area contributed by atoms with Crippen LogP contribution >= 0.6 is 34.9 Å². The molecule has 0 fully saturated rings. The van der Waals surface area contributed by atoms with Gasteiger partial charge < -0.3 is 5.11 Å². The Kier molecular flexibility index (Phi) is 9.01. The molecule has 2 N–H and O–H groups in total. The molecule has 1 aromatic heterocycles. The minimum atomic E-state index is -0.228. The second-order valence-corrected chi connectivity index (χ2v) is 13.6. The predicted molar refractivity (Wildman–Crippen MR) is 148 cm³/mol. The molecular weight excluding hydrogens is 497 g/mol. The van der Waals surface area contributed by atoms with Crippen LogP contribution in [0.5, 0.6) is 5.75 Å². The van der Waals surface area contributed by atoms with Gasteiger partial charge in [-0.3, -0.25) is 4.79 Å². The molecule has 6 nitrogen and oxygen atoms in total. The number of aromatic nitrogens is 2. The summed E-state index contributed by atoms with van der Waals surface area (Å²) in [7, 11) is 0. The Morgan fingerprint density at radius 1 is 1.00 bits per heavy atom. The highest BCUT2D eigenvalue weighted by molar-refractivity contribution is 8.03. The summed E-state index contributed by atoms with van der Waals surface area (Å²) < 4.78 is 1.63. The summed E-state index contributed by atoms with van der Waals surface area (Å²) in [4.78, 5) is 12.3. The molecule has 0 radical (unpaired) electrons. The van der Waals surface area contributed by atoms with Crippen LogP contribution in [0, 0.1) is 0 Å². The van der Waals surface area contributed by atoms with E-state index in [-0.39, 0.29) is 22.5 Å². The topological polar surface area (TPSA) is 87.5 Å². The van der Waals surface area contributed by atoms with Crippen LogP contribution in [0.3, 0.4) is 0 Å². The van der Waals surface area contributed by atoms with Crippen molar-refractivity contribution in [2.45, 2.75) is 66.8 Å². The number of phenolic OH excluding ortho intramolecular Hbond substituents is 1. The summed E-state index contributed by atoms with van der Waals surface area (Å²) in [6.07, 6.45) is 1.62. The largest absolute Gasteiger partial charge is 0.507 e. The molecule has 0 aliphatic carbocycles. The molecule has 0 saturated carbocycles. The Morgan fingerprint density at radius 2 is 1.57 bits per heavy atom. The minimum Gasteiger partial charge on any atom is -0.507 e. The predicted octanol–water partition coefficient (Wildman–Crippen LogP) is 6.37. The van der Waals surface area contributed by atoms with Crippen molar-refractivity contribution in [1.82, 2.24) is 15.6 Å². The van der Waals surface area contributed by atoms with Crippen LogP contribution in [0.4, 0.5) is 0 Å². The first-order valence-electron chi connectivity index (χ1n) is 11.3. The molecule has 0 bridgehead atoms. The van der Waals surface area contributed by atoms with Gasteiger partial charge in [-0.1, -0.05) is 107 Å². The van der Waals surface area contributed by atoms with Gasteiger partial charge in [-0.15, -0.1) is 10.2 Å². The number of benzene rings is 2. The van der Waals surface area contributed by atoms with Gasteiger partial charge in [-0.05, 0) is 34.1 Å². The van der Waals surface area contributed by atoms with Crippen LogP contribution in [0.1, 0.15) is 63.8 Å². The molecule has 35 heavy (non-hydrogen) atoms. The van der Waals surface area contributed by atoms with Crippen molar-refractivity contribution in [2.75, 3.05) is 5.75 Å². The summed E-state index contributed by atoms with van der Waals surface area (Å²) in [6.45, 7) is 12.4. The molecule has 0 aliphatic rings. The molecule has 2 aromatic carbocycles. The van der Waals surface area contributed by atoms with E-state index in [2.05, 4.69) is 74.4 Å². The third kappa shape index (κ3) is 8.08. The van der Waals surface area contributed by atoms with Gasteiger partial charge in [0.15, 0.2) is 8.68 Å². The number of thioether (sulfide) groups is 2. The van der Waals surface area contributed by atoms with Crippen molar-refractivity contribution in [3.8, 4) is 5.75 Å². The Labute approximate surface area is 220 Å². The average Bonchev–Trinajstić information content (AvgIpc) is 3.24. The number of nitrogens with one attached hydrogen (secondary N) is 1. The lowest BCUT2D eigenvalue weighted by Crippen LogP contribution is -2.20. The van der Waals surface area contributed by atoms with Gasteiger partial charge in [-0.2, -0.15) is 5.10 Å². The highest BCUT2D eigenvalue weighted by Crippen LogP contribution is 2.39. The maximum absolute atomic E-state index is 12.3. The summed E-state index contributed by atoms with van der Waals surface area (Å²) in [5, 5.41) is 23.4. The van der Waals surface area contributed by atoms with Crippen LogP contribution in [0.2, 0.25) is 0 Å². The van der Waals surface area contributed by atoms with E-state index < -0.39 is 0 Å². The second-order valence-electron chi connectivity index (χ2n) is 10.2. The molecule has 0 unspecified atom stereocenters. The van der Waals surface area contributed by atoms with Crippen LogP contribution < -0.4 is 5.43 Å². The van der Waals surface area contributed by atoms with Crippen molar-refractivity contribution in [1.29, 1.82) is 0 Å². The molecule has 1 amide bonds. The van der Waals surface area contributed by atoms with Crippen molar-refractivity contribution in [2.24, 2.45) is 5.10 Å². The van der Waals surface area contributed by atoms with Crippen molar-refractivity contribution >= 4 is 47.0 Å². The fraction of sp³-hybridized carbons (Fsp3) is 0.385. The van der Waals surface area contributed by atoms with E-state index in [0.717, 1.165) is 31.1 Å². The Bertz CT molecular complexity index is 1140. The second kappa shape index (κ2) is 11.6. The standard InChI is InChI=1S/C26H32N4O2S3/c1-25(2,3)19-12-18(13-20(22(19)32)26(4,5)6)14-27-28-21(31)16-34-24-30-29-23(35-24)33-15-17-10-8-7-9-11-17/h7-14,32H,15-16H2,1-6H3,(H,28,31)/b27-14-. The maximum Gasteiger partial charge on any atom is 0.250 e. The number of aromatic hydroxyl groups is 1. The van der Waals surface area contributed by atoms with Crippen molar-refractivity contribution in [3.05, 3.63) is 64.7 Å². The van der Waals surface area contributed by atoms with Gasteiger partial charge >= 0.3 is 0 Å². The molecule has 0 aliphatic heterocycles. The van der Waals surface area contributed by atoms with Crippen molar-refractivity contribution < 1.29 is 9.90 Å². The lowest BCUT2D eigenvalue weighted by Gasteiger charge is -2.27. The van der Waals surface area contributed by atoms with Gasteiger partial charge in [-0.25, -0.2) is 5.43 Å². The van der Waals surface area contributed by atoms with Gasteiger partial charge in [0.1, 0.15) is 5.75 Å². The molecule has 0 saturated heterocycles. The number of hydrogen-bond donors (Lipinski definition) is 2. The quantitative estimate of drug-likeness (QED) is 0.201. The number of phenols is 1. The van der Waals surface area contributed by atoms with Gasteiger partial charge in [0.25, 0.3) is 5.91 Å². The first-order valence-corrected chi connectivity index (χ1v) is 14.0. The molecule has 0 atom stereocenters. The Balaban J connectivity index is 1.56. The van der Waals surface area contributed by atoms with E-state index in [1.807, 2.05) is 30.3 Å². The number of hydrazone groups is 1. The summed E-state index contributed by atoms with van der Waals surface area (Å²) in [6, 6.07) is 14.1. The van der Waals surface area contributed by atoms with E-state index in [1.54, 1.807) is 18.0 Å². The zero-order valence-electron chi connectivity index (χ0n) is 21.0. The maximum atomic E-state index is 12.3. The van der Waals surface area contributed by atoms with E-state index in [9.17, 15) is 9.90 Å². The lowest BCUT2D eigenvalue weighted by atomic mass is 9.78. The highest BCUT2D eigenvalue weighted by atomic mass is 32.2. The van der Waals surface area contributed by atoms with E-state index in [1.165, 1.54) is 28.7 Å². The molecule has 1 heterocycles. The molecule has 0 spiro atoms. The molecule has 3 rings (SSSR count). The summed E-state index contributed by atoms with van der Waals surface area (Å²) in [5.41, 5.74) is 5.89. The molecule has 186 valence electrons. The van der Waals surface area contributed by atoms with Crippen molar-refractivity contribution in [3.63, 3.8) is 0 Å². The number of nitrogens with zero attached hydrogens (tertiary/aromatic N) is 3. The van der Waals surface area contributed by atoms with Gasteiger partial charge in [0, 0.05) is 16.9 Å². The van der Waals surface area contributed by atoms with Gasteiger partial charge in [0.05, 0.1) is 12.0 Å². The van der Waals surface area contributed by atoms with Gasteiger partial charge in [0.2, 0.25) is 0 Å². The number of carbonyl (C=O) groups excluding carboxylic acids is 1. The Hall–Kier alpha value is -2.36. The Morgan fingerprint density at radius 3 is 2.14 bits per heavy atom. The average molecular weight is 529 g/mol. The third-order valence-corrected chi connectivity index (χ3v) is 8.33. The molecule has 3 aromatic rings. The minimum absolute atomic E-state index is 0.200. The third-order valence-electron chi connectivity index (χ3n) is 5.07. The smallest absolute Gasteiger partial charge is 0.250 e. The fourth-order valence-corrected chi connectivity index (χ4v) is 6.01. The van der Waals surface area contributed by atoms with Crippen LogP contribution in [-0.4, -0.2) is 33.2 Å². The normalized spacial score (nSPS) is 12.3. The fourth-order valence-electron chi connectivity index (χ4n) is 3.25. The van der Waals surface area contributed by atoms with Crippen LogP contribution in [0.15, 0.2) is 56.2 Å². The number of amides is 1.